The maximum absolute atomic E-state index is 13.6. The van der Waals surface area contributed by atoms with E-state index in [0.29, 0.717) is 31.1 Å². The van der Waals surface area contributed by atoms with Gasteiger partial charge in [0.05, 0.1) is 12.6 Å². The molecular weight excluding hydrogens is 445 g/mol. The first kappa shape index (κ1) is 25.3. The van der Waals surface area contributed by atoms with Gasteiger partial charge in [0.25, 0.3) is 5.91 Å². The van der Waals surface area contributed by atoms with Gasteiger partial charge in [0, 0.05) is 31.7 Å². The molecule has 1 aliphatic heterocycles. The van der Waals surface area contributed by atoms with Crippen molar-refractivity contribution >= 4 is 11.5 Å². The highest BCUT2D eigenvalue weighted by atomic mass is 19.1. The zero-order valence-electron chi connectivity index (χ0n) is 20.9. The number of aliphatic hydroxyl groups excluding tert-OH is 1. The van der Waals surface area contributed by atoms with Crippen molar-refractivity contribution in [2.24, 2.45) is 5.92 Å². The molecule has 2 heterocycles. The molecule has 1 aromatic carbocycles. The number of hydrogen-bond donors (Lipinski definition) is 1. The molecule has 1 aromatic heterocycles. The Bertz CT molecular complexity index is 1070. The number of pyridine rings is 1. The number of nitrogens with zero attached hydrogens (tertiary/aromatic N) is 3. The van der Waals surface area contributed by atoms with Crippen LogP contribution in [0.2, 0.25) is 0 Å². The van der Waals surface area contributed by atoms with Gasteiger partial charge in [-0.15, -0.1) is 0 Å². The number of halogens is 1. The molecule has 0 unspecified atom stereocenters. The smallest absolute Gasteiger partial charge is 0.259 e. The van der Waals surface area contributed by atoms with Crippen molar-refractivity contribution in [3.8, 4) is 5.88 Å². The molecule has 4 rings (SSSR count). The highest BCUT2D eigenvalue weighted by Gasteiger charge is 2.34. The van der Waals surface area contributed by atoms with Crippen LogP contribution in [0.15, 0.2) is 42.6 Å². The summed E-state index contributed by atoms with van der Waals surface area (Å²) in [7, 11) is 1.98. The summed E-state index contributed by atoms with van der Waals surface area (Å²) < 4.78 is 20.0. The minimum Gasteiger partial charge on any atom is -0.472 e. The highest BCUT2D eigenvalue weighted by Crippen LogP contribution is 2.32. The fourth-order valence-electron chi connectivity index (χ4n) is 4.91. The first-order valence-electron chi connectivity index (χ1n) is 12.6. The van der Waals surface area contributed by atoms with Crippen molar-refractivity contribution in [1.29, 1.82) is 0 Å². The number of allylic oxidation sites excluding steroid dienone is 2. The van der Waals surface area contributed by atoms with E-state index in [1.165, 1.54) is 18.1 Å². The summed E-state index contributed by atoms with van der Waals surface area (Å²) in [4.78, 5) is 22.1. The van der Waals surface area contributed by atoms with Crippen LogP contribution in [-0.2, 0) is 6.54 Å². The summed E-state index contributed by atoms with van der Waals surface area (Å²) in [6.45, 7) is 5.42. The molecule has 0 spiro atoms. The van der Waals surface area contributed by atoms with Gasteiger partial charge in [-0.2, -0.15) is 0 Å². The third-order valence-corrected chi connectivity index (χ3v) is 7.02. The molecular formula is C28H36FN3O3. The Morgan fingerprint density at radius 2 is 2.14 bits per heavy atom. The van der Waals surface area contributed by atoms with Crippen molar-refractivity contribution in [3.63, 3.8) is 0 Å². The minimum atomic E-state index is -0.320. The Morgan fingerprint density at radius 1 is 1.31 bits per heavy atom. The van der Waals surface area contributed by atoms with E-state index in [2.05, 4.69) is 22.9 Å². The Kier molecular flexibility index (Phi) is 8.19. The third-order valence-electron chi connectivity index (χ3n) is 7.02. The average Bonchev–Trinajstić information content (AvgIpc) is 2.86. The van der Waals surface area contributed by atoms with Crippen LogP contribution in [-0.4, -0.2) is 64.7 Å². The molecule has 0 saturated heterocycles. The maximum atomic E-state index is 13.6. The van der Waals surface area contributed by atoms with Gasteiger partial charge >= 0.3 is 0 Å². The molecule has 1 N–H and O–H groups in total. The normalized spacial score (nSPS) is 21.6. The Labute approximate surface area is 207 Å². The number of fused-ring (bicyclic) bond motifs is 1. The van der Waals surface area contributed by atoms with Crippen LogP contribution in [0.4, 0.5) is 4.39 Å². The molecule has 35 heavy (non-hydrogen) atoms. The van der Waals surface area contributed by atoms with Gasteiger partial charge in [0.2, 0.25) is 5.88 Å². The molecule has 1 amide bonds. The molecule has 7 heteroatoms. The van der Waals surface area contributed by atoms with Crippen molar-refractivity contribution in [2.75, 3.05) is 26.7 Å². The lowest BCUT2D eigenvalue weighted by Crippen LogP contribution is -2.49. The standard InChI is InChI=1S/C28H36FN3O3/c1-19-15-32(20(2)18-33)28(34)25-13-23(22-9-5-4-6-10-22)14-30-27(25)35-26(19)17-31(3)16-21-8-7-11-24(29)12-21/h7-9,11-14,19-20,26,33H,4-6,10,15-18H2,1-3H3/t19-,20-,26+/m0/s1. The Morgan fingerprint density at radius 3 is 2.86 bits per heavy atom. The molecule has 0 fully saturated rings. The largest absolute Gasteiger partial charge is 0.472 e. The van der Waals surface area contributed by atoms with Crippen LogP contribution >= 0.6 is 0 Å². The van der Waals surface area contributed by atoms with E-state index in [1.54, 1.807) is 17.0 Å². The van der Waals surface area contributed by atoms with E-state index in [-0.39, 0.29) is 36.4 Å². The quantitative estimate of drug-likeness (QED) is 0.630. The topological polar surface area (TPSA) is 65.9 Å². The third kappa shape index (κ3) is 6.08. The molecule has 3 atom stereocenters. The number of carbonyl (C=O) groups is 1. The second-order valence-electron chi connectivity index (χ2n) is 10.0. The summed E-state index contributed by atoms with van der Waals surface area (Å²) in [5.41, 5.74) is 3.52. The summed E-state index contributed by atoms with van der Waals surface area (Å²) in [5, 5.41) is 9.87. The van der Waals surface area contributed by atoms with Crippen LogP contribution in [0.3, 0.4) is 0 Å². The van der Waals surface area contributed by atoms with E-state index < -0.39 is 0 Å². The zero-order valence-corrected chi connectivity index (χ0v) is 20.9. The van der Waals surface area contributed by atoms with Crippen LogP contribution < -0.4 is 4.74 Å². The lowest BCUT2D eigenvalue weighted by Gasteiger charge is -2.37. The predicted octanol–water partition coefficient (Wildman–Crippen LogP) is 4.53. The number of benzene rings is 1. The maximum Gasteiger partial charge on any atom is 0.259 e. The highest BCUT2D eigenvalue weighted by molar-refractivity contribution is 5.97. The van der Waals surface area contributed by atoms with Gasteiger partial charge in [0.1, 0.15) is 17.5 Å². The number of rotatable bonds is 7. The fourth-order valence-corrected chi connectivity index (χ4v) is 4.91. The fraction of sp³-hybridized carbons (Fsp3) is 0.500. The van der Waals surface area contributed by atoms with Gasteiger partial charge in [-0.25, -0.2) is 9.37 Å². The number of amides is 1. The predicted molar refractivity (Wildman–Crippen MR) is 135 cm³/mol. The van der Waals surface area contributed by atoms with Gasteiger partial charge in [-0.05, 0) is 74.6 Å². The molecule has 188 valence electrons. The SMILES string of the molecule is C[C@H]1CN([C@@H](C)CO)C(=O)c2cc(C3=CCCCC3)cnc2O[C@@H]1CN(C)Cc1cccc(F)c1. The number of ether oxygens (including phenoxy) is 1. The molecule has 0 bridgehead atoms. The molecule has 0 saturated carbocycles. The number of likely N-dealkylation sites (N-methyl/N-ethyl adjacent to an activating group) is 1. The summed E-state index contributed by atoms with van der Waals surface area (Å²) in [6, 6.07) is 8.19. The van der Waals surface area contributed by atoms with E-state index in [1.807, 2.05) is 32.3 Å². The summed E-state index contributed by atoms with van der Waals surface area (Å²) in [5.74, 6) is -0.0778. The first-order valence-corrected chi connectivity index (χ1v) is 12.6. The lowest BCUT2D eigenvalue weighted by molar-refractivity contribution is 0.0325. The monoisotopic (exact) mass is 481 g/mol. The molecule has 2 aromatic rings. The first-order chi connectivity index (χ1) is 16.9. The second kappa shape index (κ2) is 11.3. The molecule has 1 aliphatic carbocycles. The second-order valence-corrected chi connectivity index (χ2v) is 10.0. The number of hydrogen-bond acceptors (Lipinski definition) is 5. The van der Waals surface area contributed by atoms with Gasteiger partial charge in [-0.1, -0.05) is 25.1 Å². The van der Waals surface area contributed by atoms with Crippen molar-refractivity contribution < 1.29 is 19.0 Å². The van der Waals surface area contributed by atoms with Crippen LogP contribution in [0, 0.1) is 11.7 Å². The molecule has 6 nitrogen and oxygen atoms in total. The van der Waals surface area contributed by atoms with E-state index in [4.69, 9.17) is 4.74 Å². The van der Waals surface area contributed by atoms with E-state index in [9.17, 15) is 14.3 Å². The van der Waals surface area contributed by atoms with Gasteiger partial charge in [-0.3, -0.25) is 9.69 Å². The number of aliphatic hydroxyl groups is 1. The summed E-state index contributed by atoms with van der Waals surface area (Å²) in [6.07, 6.45) is 8.16. The summed E-state index contributed by atoms with van der Waals surface area (Å²) >= 11 is 0. The molecule has 2 aliphatic rings. The Hall–Kier alpha value is -2.77. The van der Waals surface area contributed by atoms with Crippen molar-refractivity contribution in [3.05, 3.63) is 65.1 Å². The van der Waals surface area contributed by atoms with Crippen molar-refractivity contribution in [1.82, 2.24) is 14.8 Å². The minimum absolute atomic E-state index is 0.00131. The van der Waals surface area contributed by atoms with Gasteiger partial charge in [0.15, 0.2) is 0 Å². The molecule has 0 radical (unpaired) electrons. The lowest BCUT2D eigenvalue weighted by atomic mass is 9.93. The van der Waals surface area contributed by atoms with Crippen LogP contribution in [0.5, 0.6) is 5.88 Å². The van der Waals surface area contributed by atoms with E-state index >= 15 is 0 Å². The Balaban J connectivity index is 1.62. The van der Waals surface area contributed by atoms with Crippen molar-refractivity contribution in [2.45, 2.75) is 58.2 Å². The van der Waals surface area contributed by atoms with E-state index in [0.717, 1.165) is 30.4 Å². The average molecular weight is 482 g/mol. The zero-order chi connectivity index (χ0) is 24.9. The number of carbonyl (C=O) groups excluding carboxylic acids is 1. The van der Waals surface area contributed by atoms with Gasteiger partial charge < -0.3 is 14.7 Å². The van der Waals surface area contributed by atoms with Crippen LogP contribution in [0.25, 0.3) is 5.57 Å². The number of aromatic nitrogens is 1. The van der Waals surface area contributed by atoms with Crippen LogP contribution in [0.1, 0.15) is 61.0 Å².